The molecule has 0 atom stereocenters. The van der Waals surface area contributed by atoms with Gasteiger partial charge >= 0.3 is 0 Å². The van der Waals surface area contributed by atoms with Crippen LogP contribution < -0.4 is 0 Å². The van der Waals surface area contributed by atoms with Gasteiger partial charge in [0.15, 0.2) is 0 Å². The predicted molar refractivity (Wildman–Crippen MR) is 117 cm³/mol. The Hall–Kier alpha value is -1.74. The van der Waals surface area contributed by atoms with Crippen molar-refractivity contribution in [3.63, 3.8) is 0 Å². The third-order valence-electron chi connectivity index (χ3n) is 5.14. The quantitative estimate of drug-likeness (QED) is 0.612. The van der Waals surface area contributed by atoms with Gasteiger partial charge in [0.05, 0.1) is 11.4 Å². The van der Waals surface area contributed by atoms with E-state index in [0.717, 1.165) is 29.7 Å². The summed E-state index contributed by atoms with van der Waals surface area (Å²) in [6, 6.07) is 15.7. The largest absolute Gasteiger partial charge is 0.339 e. The average Bonchev–Trinajstić information content (AvgIpc) is 2.75. The van der Waals surface area contributed by atoms with Crippen LogP contribution >= 0.6 is 15.9 Å². The lowest BCUT2D eigenvalue weighted by atomic mass is 10.2. The minimum Gasteiger partial charge on any atom is -0.339 e. The first-order valence-corrected chi connectivity index (χ1v) is 11.9. The van der Waals surface area contributed by atoms with E-state index in [4.69, 9.17) is 0 Å². The van der Waals surface area contributed by atoms with Gasteiger partial charge in [0.1, 0.15) is 0 Å². The molecule has 0 spiro atoms. The summed E-state index contributed by atoms with van der Waals surface area (Å²) in [5.41, 5.74) is 0.830. The molecule has 6 nitrogen and oxygen atoms in total. The van der Waals surface area contributed by atoms with Crippen molar-refractivity contribution in [3.8, 4) is 0 Å². The molecule has 0 bridgehead atoms. The zero-order valence-corrected chi connectivity index (χ0v) is 18.9. The Balaban J connectivity index is 1.81. The van der Waals surface area contributed by atoms with Crippen LogP contribution in [0.5, 0.6) is 0 Å². The predicted octanol–water partition coefficient (Wildman–Crippen LogP) is 2.80. The lowest BCUT2D eigenvalue weighted by molar-refractivity contribution is -0.133. The molecule has 0 unspecified atom stereocenters. The standard InChI is InChI=1S/C21H26BrN3O3S/c1-2-23-12-14-24(15-13-23)21(26)17-25(16-18-8-10-19(22)11-9-18)29(27,28)20-6-4-3-5-7-20/h3-11H,2,12-17H2,1H3. The van der Waals surface area contributed by atoms with E-state index in [-0.39, 0.29) is 23.9 Å². The number of amides is 1. The van der Waals surface area contributed by atoms with Gasteiger partial charge in [-0.2, -0.15) is 4.31 Å². The van der Waals surface area contributed by atoms with Gasteiger partial charge in [0, 0.05) is 37.2 Å². The zero-order valence-electron chi connectivity index (χ0n) is 16.5. The van der Waals surface area contributed by atoms with Gasteiger partial charge in [-0.05, 0) is 36.4 Å². The van der Waals surface area contributed by atoms with Gasteiger partial charge < -0.3 is 9.80 Å². The second-order valence-corrected chi connectivity index (χ2v) is 9.88. The first-order chi connectivity index (χ1) is 13.9. The summed E-state index contributed by atoms with van der Waals surface area (Å²) in [7, 11) is -3.79. The number of halogens is 1. The maximum Gasteiger partial charge on any atom is 0.243 e. The van der Waals surface area contributed by atoms with E-state index in [0.29, 0.717) is 13.1 Å². The van der Waals surface area contributed by atoms with Crippen LogP contribution in [-0.4, -0.2) is 67.7 Å². The number of piperazine rings is 1. The van der Waals surface area contributed by atoms with Crippen LogP contribution in [0.3, 0.4) is 0 Å². The van der Waals surface area contributed by atoms with Crippen molar-refractivity contribution >= 4 is 31.9 Å². The van der Waals surface area contributed by atoms with Crippen molar-refractivity contribution in [2.24, 2.45) is 0 Å². The third-order valence-corrected chi connectivity index (χ3v) is 7.47. The fraction of sp³-hybridized carbons (Fsp3) is 0.381. The van der Waals surface area contributed by atoms with Crippen molar-refractivity contribution in [2.45, 2.75) is 18.4 Å². The van der Waals surface area contributed by atoms with Crippen LogP contribution in [0, 0.1) is 0 Å². The first kappa shape index (κ1) is 22.0. The molecule has 1 aliphatic heterocycles. The molecule has 0 aliphatic carbocycles. The number of nitrogens with zero attached hydrogens (tertiary/aromatic N) is 3. The highest BCUT2D eigenvalue weighted by Gasteiger charge is 2.29. The molecule has 8 heteroatoms. The monoisotopic (exact) mass is 479 g/mol. The van der Waals surface area contributed by atoms with Crippen molar-refractivity contribution < 1.29 is 13.2 Å². The Morgan fingerprint density at radius 3 is 2.21 bits per heavy atom. The molecule has 2 aromatic carbocycles. The Labute approximate surface area is 181 Å². The lowest BCUT2D eigenvalue weighted by Crippen LogP contribution is -2.51. The maximum absolute atomic E-state index is 13.3. The maximum atomic E-state index is 13.3. The van der Waals surface area contributed by atoms with Crippen LogP contribution in [-0.2, 0) is 21.4 Å². The lowest BCUT2D eigenvalue weighted by Gasteiger charge is -2.35. The van der Waals surface area contributed by atoms with Crippen LogP contribution in [0.25, 0.3) is 0 Å². The number of carbonyl (C=O) groups excluding carboxylic acids is 1. The number of carbonyl (C=O) groups is 1. The van der Waals surface area contributed by atoms with Gasteiger partial charge in [-0.1, -0.05) is 53.2 Å². The van der Waals surface area contributed by atoms with E-state index in [1.165, 1.54) is 4.31 Å². The Morgan fingerprint density at radius 1 is 1.00 bits per heavy atom. The smallest absolute Gasteiger partial charge is 0.243 e. The molecule has 0 saturated carbocycles. The van der Waals surface area contributed by atoms with Crippen molar-refractivity contribution in [3.05, 3.63) is 64.6 Å². The van der Waals surface area contributed by atoms with E-state index in [1.807, 2.05) is 24.3 Å². The molecule has 0 N–H and O–H groups in total. The highest BCUT2D eigenvalue weighted by atomic mass is 79.9. The fourth-order valence-electron chi connectivity index (χ4n) is 3.33. The Morgan fingerprint density at radius 2 is 1.62 bits per heavy atom. The third kappa shape index (κ3) is 5.66. The van der Waals surface area contributed by atoms with Gasteiger partial charge in [-0.25, -0.2) is 8.42 Å². The zero-order chi connectivity index (χ0) is 20.9. The molecule has 1 fully saturated rings. The minimum absolute atomic E-state index is 0.144. The summed E-state index contributed by atoms with van der Waals surface area (Å²) in [6.45, 7) is 5.93. The summed E-state index contributed by atoms with van der Waals surface area (Å²) >= 11 is 3.39. The van der Waals surface area contributed by atoms with E-state index < -0.39 is 10.0 Å². The molecule has 1 aliphatic rings. The molecule has 156 valence electrons. The van der Waals surface area contributed by atoms with E-state index >= 15 is 0 Å². The summed E-state index contributed by atoms with van der Waals surface area (Å²) < 4.78 is 28.7. The summed E-state index contributed by atoms with van der Waals surface area (Å²) in [5, 5.41) is 0. The molecule has 0 aromatic heterocycles. The molecule has 1 saturated heterocycles. The number of sulfonamides is 1. The van der Waals surface area contributed by atoms with E-state index in [1.54, 1.807) is 35.2 Å². The first-order valence-electron chi connectivity index (χ1n) is 9.70. The van der Waals surface area contributed by atoms with E-state index in [2.05, 4.69) is 27.8 Å². The van der Waals surface area contributed by atoms with Gasteiger partial charge in [0.2, 0.25) is 15.9 Å². The highest BCUT2D eigenvalue weighted by Crippen LogP contribution is 2.20. The average molecular weight is 480 g/mol. The molecular weight excluding hydrogens is 454 g/mol. The highest BCUT2D eigenvalue weighted by molar-refractivity contribution is 9.10. The summed E-state index contributed by atoms with van der Waals surface area (Å²) in [4.78, 5) is 17.2. The number of hydrogen-bond donors (Lipinski definition) is 0. The Kier molecular flexibility index (Phi) is 7.45. The molecule has 1 heterocycles. The minimum atomic E-state index is -3.79. The van der Waals surface area contributed by atoms with Crippen LogP contribution in [0.4, 0.5) is 0 Å². The Bertz CT molecular complexity index is 912. The molecular formula is C21H26BrN3O3S. The van der Waals surface area contributed by atoms with Crippen molar-refractivity contribution in [2.75, 3.05) is 39.3 Å². The topological polar surface area (TPSA) is 60.9 Å². The SMILES string of the molecule is CCN1CCN(C(=O)CN(Cc2ccc(Br)cc2)S(=O)(=O)c2ccccc2)CC1. The summed E-state index contributed by atoms with van der Waals surface area (Å²) in [5.74, 6) is -0.155. The summed E-state index contributed by atoms with van der Waals surface area (Å²) in [6.07, 6.45) is 0. The van der Waals surface area contributed by atoms with Gasteiger partial charge in [0.25, 0.3) is 0 Å². The second kappa shape index (κ2) is 9.84. The molecule has 0 radical (unpaired) electrons. The number of likely N-dealkylation sites (N-methyl/N-ethyl adjacent to an activating group) is 1. The molecule has 2 aromatic rings. The second-order valence-electron chi connectivity index (χ2n) is 7.03. The van der Waals surface area contributed by atoms with Gasteiger partial charge in [-0.15, -0.1) is 0 Å². The molecule has 1 amide bonds. The molecule has 3 rings (SSSR count). The van der Waals surface area contributed by atoms with Crippen LogP contribution in [0.15, 0.2) is 64.0 Å². The van der Waals surface area contributed by atoms with Crippen LogP contribution in [0.1, 0.15) is 12.5 Å². The fourth-order valence-corrected chi connectivity index (χ4v) is 4.99. The van der Waals surface area contributed by atoms with Gasteiger partial charge in [-0.3, -0.25) is 4.79 Å². The van der Waals surface area contributed by atoms with Crippen LogP contribution in [0.2, 0.25) is 0 Å². The number of rotatable bonds is 7. The van der Waals surface area contributed by atoms with Crippen molar-refractivity contribution in [1.82, 2.24) is 14.1 Å². The normalized spacial score (nSPS) is 15.6. The number of benzene rings is 2. The molecule has 29 heavy (non-hydrogen) atoms. The van der Waals surface area contributed by atoms with Crippen molar-refractivity contribution in [1.29, 1.82) is 0 Å². The van der Waals surface area contributed by atoms with E-state index in [9.17, 15) is 13.2 Å². The number of hydrogen-bond acceptors (Lipinski definition) is 4.